The smallest absolute Gasteiger partial charge is 0.355 e. The molecule has 0 aromatic carbocycles. The molecule has 11 heteroatoms. The number of nitrogens with zero attached hydrogens (tertiary/aromatic N) is 5. The number of rotatable bonds is 9. The van der Waals surface area contributed by atoms with Crippen molar-refractivity contribution in [1.29, 1.82) is 0 Å². The first kappa shape index (κ1) is 23.5. The first-order chi connectivity index (χ1) is 15.5. The van der Waals surface area contributed by atoms with Crippen molar-refractivity contribution in [2.45, 2.75) is 36.1 Å². The molecule has 0 bridgehead atoms. The molecule has 32 heavy (non-hydrogen) atoms. The van der Waals surface area contributed by atoms with Gasteiger partial charge in [-0.05, 0) is 19.3 Å². The van der Waals surface area contributed by atoms with E-state index in [1.807, 2.05) is 9.80 Å². The van der Waals surface area contributed by atoms with E-state index < -0.39 is 5.97 Å². The summed E-state index contributed by atoms with van der Waals surface area (Å²) < 4.78 is 0.727. The van der Waals surface area contributed by atoms with Crippen LogP contribution in [0, 0.1) is 0 Å². The Labute approximate surface area is 196 Å². The van der Waals surface area contributed by atoms with Gasteiger partial charge in [-0.3, -0.25) is 19.4 Å². The van der Waals surface area contributed by atoms with E-state index in [0.717, 1.165) is 69.4 Å². The summed E-state index contributed by atoms with van der Waals surface area (Å²) in [6, 6.07) is 0.228. The van der Waals surface area contributed by atoms with Gasteiger partial charge in [0.15, 0.2) is 10.0 Å². The zero-order chi connectivity index (χ0) is 22.5. The zero-order valence-electron chi connectivity index (χ0n) is 18.3. The van der Waals surface area contributed by atoms with E-state index in [2.05, 4.69) is 14.8 Å². The van der Waals surface area contributed by atoms with E-state index in [1.54, 1.807) is 5.38 Å². The molecule has 4 rings (SSSR count). The summed E-state index contributed by atoms with van der Waals surface area (Å²) in [6.45, 7) is 7.52. The summed E-state index contributed by atoms with van der Waals surface area (Å²) in [5, 5.41) is 10.5. The summed E-state index contributed by atoms with van der Waals surface area (Å²) in [5.74, 6) is 0.164. The minimum Gasteiger partial charge on any atom is -0.476 e. The number of aromatic carboxylic acids is 1. The number of likely N-dealkylation sites (tertiary alicyclic amines) is 2. The van der Waals surface area contributed by atoms with Crippen LogP contribution < -0.4 is 0 Å². The molecule has 3 saturated heterocycles. The topological polar surface area (TPSA) is 97.3 Å². The average Bonchev–Trinajstić information content (AvgIpc) is 3.53. The normalized spacial score (nSPS) is 22.8. The second kappa shape index (κ2) is 11.0. The van der Waals surface area contributed by atoms with E-state index >= 15 is 0 Å². The molecule has 3 aliphatic heterocycles. The number of carbonyl (C=O) groups excluding carboxylic acids is 2. The molecule has 0 spiro atoms. The maximum Gasteiger partial charge on any atom is 0.355 e. The number of thiazole rings is 1. The highest BCUT2D eigenvalue weighted by Gasteiger charge is 2.33. The van der Waals surface area contributed by atoms with E-state index in [1.165, 1.54) is 23.1 Å². The highest BCUT2D eigenvalue weighted by atomic mass is 32.2. The van der Waals surface area contributed by atoms with E-state index in [-0.39, 0.29) is 23.6 Å². The predicted molar refractivity (Wildman–Crippen MR) is 123 cm³/mol. The third-order valence-electron chi connectivity index (χ3n) is 6.46. The Balaban J connectivity index is 1.19. The van der Waals surface area contributed by atoms with Crippen LogP contribution in [0.3, 0.4) is 0 Å². The Morgan fingerprint density at radius 1 is 1.12 bits per heavy atom. The highest BCUT2D eigenvalue weighted by molar-refractivity contribution is 8.01. The van der Waals surface area contributed by atoms with Crippen LogP contribution in [0.5, 0.6) is 0 Å². The first-order valence-corrected chi connectivity index (χ1v) is 13.2. The Morgan fingerprint density at radius 3 is 2.53 bits per heavy atom. The Morgan fingerprint density at radius 2 is 1.84 bits per heavy atom. The van der Waals surface area contributed by atoms with Crippen molar-refractivity contribution >= 4 is 40.9 Å². The molecular weight excluding hydrogens is 450 g/mol. The lowest BCUT2D eigenvalue weighted by molar-refractivity contribution is -0.132. The number of aromatic nitrogens is 1. The van der Waals surface area contributed by atoms with Crippen LogP contribution in [0.15, 0.2) is 9.72 Å². The lowest BCUT2D eigenvalue weighted by atomic mass is 10.2. The molecule has 2 amide bonds. The fourth-order valence-electron chi connectivity index (χ4n) is 4.63. The van der Waals surface area contributed by atoms with Crippen LogP contribution in [0.4, 0.5) is 0 Å². The van der Waals surface area contributed by atoms with Gasteiger partial charge in [-0.1, -0.05) is 11.8 Å². The summed E-state index contributed by atoms with van der Waals surface area (Å²) in [4.78, 5) is 48.5. The van der Waals surface area contributed by atoms with E-state index in [9.17, 15) is 14.4 Å². The monoisotopic (exact) mass is 481 g/mol. The molecule has 1 N–H and O–H groups in total. The molecule has 3 aliphatic rings. The van der Waals surface area contributed by atoms with Gasteiger partial charge in [0.05, 0.1) is 6.54 Å². The standard InChI is InChI=1S/C21H31N5O4S2/c27-18-4-3-16(26(18)11-12-31-21-22-17(15-32-21)20(29)30)13-23-7-9-24(10-8-23)14-19(28)25-5-1-2-6-25/h15-16H,1-14H2,(H,29,30)/t16-/m1/s1. The number of piperazine rings is 1. The number of hydrogen-bond acceptors (Lipinski definition) is 8. The molecule has 4 heterocycles. The minimum atomic E-state index is -1.01. The van der Waals surface area contributed by atoms with Crippen LogP contribution in [0.1, 0.15) is 36.2 Å². The number of carbonyl (C=O) groups is 3. The maximum absolute atomic E-state index is 12.4. The SMILES string of the molecule is O=C(O)c1csc(SCCN2C(=O)CC[C@@H]2CN2CCN(CC(=O)N3CCCC3)CC2)n1. The third kappa shape index (κ3) is 6.00. The molecule has 9 nitrogen and oxygen atoms in total. The second-order valence-electron chi connectivity index (χ2n) is 8.60. The molecule has 1 aromatic rings. The minimum absolute atomic E-state index is 0.0777. The quantitative estimate of drug-likeness (QED) is 0.525. The summed E-state index contributed by atoms with van der Waals surface area (Å²) in [5.41, 5.74) is 0.0777. The number of carboxylic acids is 1. The Kier molecular flexibility index (Phi) is 8.03. The number of carboxylic acid groups (broad SMARTS) is 1. The Hall–Kier alpha value is -1.69. The van der Waals surface area contributed by atoms with Gasteiger partial charge >= 0.3 is 5.97 Å². The molecule has 176 valence electrons. The van der Waals surface area contributed by atoms with E-state index in [0.29, 0.717) is 25.3 Å². The van der Waals surface area contributed by atoms with Crippen LogP contribution in [-0.4, -0.2) is 118 Å². The lowest BCUT2D eigenvalue weighted by Crippen LogP contribution is -2.52. The molecule has 0 unspecified atom stereocenters. The third-order valence-corrected chi connectivity index (χ3v) is 8.47. The number of thioether (sulfide) groups is 1. The second-order valence-corrected chi connectivity index (χ2v) is 10.8. The molecule has 0 aliphatic carbocycles. The largest absolute Gasteiger partial charge is 0.476 e. The van der Waals surface area contributed by atoms with Crippen LogP contribution in [0.2, 0.25) is 0 Å². The van der Waals surface area contributed by atoms with E-state index in [4.69, 9.17) is 5.11 Å². The zero-order valence-corrected chi connectivity index (χ0v) is 19.9. The summed E-state index contributed by atoms with van der Waals surface area (Å²) >= 11 is 2.84. The highest BCUT2D eigenvalue weighted by Crippen LogP contribution is 2.25. The van der Waals surface area contributed by atoms with Gasteiger partial charge in [-0.15, -0.1) is 11.3 Å². The first-order valence-electron chi connectivity index (χ1n) is 11.3. The predicted octanol–water partition coefficient (Wildman–Crippen LogP) is 1.16. The fourth-order valence-corrected chi connectivity index (χ4v) is 6.44. The van der Waals surface area contributed by atoms with Crippen molar-refractivity contribution in [3.8, 4) is 0 Å². The Bertz CT molecular complexity index is 821. The molecule has 0 radical (unpaired) electrons. The molecule has 3 fully saturated rings. The number of hydrogen-bond donors (Lipinski definition) is 1. The van der Waals surface area contributed by atoms with Gasteiger partial charge in [0.25, 0.3) is 0 Å². The summed E-state index contributed by atoms with van der Waals surface area (Å²) in [7, 11) is 0. The van der Waals surface area contributed by atoms with Gasteiger partial charge in [0.2, 0.25) is 11.8 Å². The summed E-state index contributed by atoms with van der Waals surface area (Å²) in [6.07, 6.45) is 3.74. The van der Waals surface area contributed by atoms with Crippen LogP contribution in [-0.2, 0) is 9.59 Å². The molecule has 1 atom stereocenters. The average molecular weight is 482 g/mol. The van der Waals surface area contributed by atoms with Gasteiger partial charge in [-0.25, -0.2) is 9.78 Å². The van der Waals surface area contributed by atoms with Crippen molar-refractivity contribution in [3.05, 3.63) is 11.1 Å². The maximum atomic E-state index is 12.4. The van der Waals surface area contributed by atoms with Crippen LogP contribution >= 0.6 is 23.1 Å². The van der Waals surface area contributed by atoms with Crippen molar-refractivity contribution in [2.75, 3.05) is 64.7 Å². The van der Waals surface area contributed by atoms with Crippen molar-refractivity contribution in [2.24, 2.45) is 0 Å². The molecule has 1 aromatic heterocycles. The fraction of sp³-hybridized carbons (Fsp3) is 0.714. The van der Waals surface area contributed by atoms with Crippen molar-refractivity contribution < 1.29 is 19.5 Å². The number of amides is 2. The van der Waals surface area contributed by atoms with Crippen molar-refractivity contribution in [3.63, 3.8) is 0 Å². The van der Waals surface area contributed by atoms with Gasteiger partial charge in [0.1, 0.15) is 0 Å². The molecule has 0 saturated carbocycles. The van der Waals surface area contributed by atoms with Gasteiger partial charge in [-0.2, -0.15) is 0 Å². The molecular formula is C21H31N5O4S2. The lowest BCUT2D eigenvalue weighted by Gasteiger charge is -2.37. The van der Waals surface area contributed by atoms with Gasteiger partial charge < -0.3 is 14.9 Å². The van der Waals surface area contributed by atoms with Crippen LogP contribution in [0.25, 0.3) is 0 Å². The van der Waals surface area contributed by atoms with Gasteiger partial charge in [0, 0.05) is 76.0 Å². The van der Waals surface area contributed by atoms with Crippen molar-refractivity contribution in [1.82, 2.24) is 24.6 Å².